The lowest BCUT2D eigenvalue weighted by Crippen LogP contribution is -1.67. The van der Waals surface area contributed by atoms with Crippen LogP contribution in [0.4, 0.5) is 0 Å². The van der Waals surface area contributed by atoms with E-state index in [1.807, 2.05) is 0 Å². The second-order valence-electron chi connectivity index (χ2n) is 0.698. The first-order valence-electron chi connectivity index (χ1n) is 1.54. The normalized spacial score (nSPS) is 10.9. The van der Waals surface area contributed by atoms with Crippen molar-refractivity contribution in [3.05, 3.63) is 23.6 Å². The minimum Gasteiger partial charge on any atom is -0.453 e. The van der Waals surface area contributed by atoms with Crippen molar-refractivity contribution in [3.8, 4) is 0 Å². The molecule has 0 saturated heterocycles. The maximum absolute atomic E-state index is 5.20. The molecular formula is C4H4Cl2O. The average Bonchev–Trinajstić information content (AvgIpc) is 1.68. The van der Waals surface area contributed by atoms with Gasteiger partial charge in [-0.3, -0.25) is 0 Å². The first kappa shape index (κ1) is 6.86. The van der Waals surface area contributed by atoms with Crippen LogP contribution >= 0.6 is 23.2 Å². The maximum Gasteiger partial charge on any atom is 0.204 e. The van der Waals surface area contributed by atoms with Gasteiger partial charge < -0.3 is 4.74 Å². The molecule has 40 valence electrons. The number of halogens is 2. The number of hydrogen-bond acceptors (Lipinski definition) is 1. The predicted molar refractivity (Wildman–Crippen MR) is 31.1 cm³/mol. The van der Waals surface area contributed by atoms with Crippen molar-refractivity contribution in [2.75, 3.05) is 0 Å². The van der Waals surface area contributed by atoms with E-state index in [0.717, 1.165) is 5.54 Å². The minimum atomic E-state index is 0.122. The molecule has 0 aliphatic carbocycles. The van der Waals surface area contributed by atoms with Gasteiger partial charge in [0.05, 0.1) is 11.8 Å². The molecule has 0 aliphatic rings. The van der Waals surface area contributed by atoms with E-state index in [9.17, 15) is 0 Å². The van der Waals surface area contributed by atoms with Gasteiger partial charge >= 0.3 is 0 Å². The molecule has 0 unspecified atom stereocenters. The zero-order valence-corrected chi connectivity index (χ0v) is 5.04. The van der Waals surface area contributed by atoms with Gasteiger partial charge in [-0.2, -0.15) is 0 Å². The molecule has 0 bridgehead atoms. The lowest BCUT2D eigenvalue weighted by molar-refractivity contribution is 0.388. The fourth-order valence-electron chi connectivity index (χ4n) is 0.105. The van der Waals surface area contributed by atoms with Crippen LogP contribution in [0.3, 0.4) is 0 Å². The van der Waals surface area contributed by atoms with Crippen LogP contribution in [-0.2, 0) is 4.74 Å². The van der Waals surface area contributed by atoms with E-state index in [2.05, 4.69) is 11.3 Å². The Kier molecular flexibility index (Phi) is 3.95. The van der Waals surface area contributed by atoms with Crippen LogP contribution in [0.15, 0.2) is 23.6 Å². The third kappa shape index (κ3) is 3.70. The van der Waals surface area contributed by atoms with Crippen molar-refractivity contribution in [1.82, 2.24) is 0 Å². The molecule has 0 heterocycles. The molecule has 0 N–H and O–H groups in total. The van der Waals surface area contributed by atoms with Crippen LogP contribution in [0.25, 0.3) is 0 Å². The van der Waals surface area contributed by atoms with Crippen molar-refractivity contribution < 1.29 is 4.74 Å². The van der Waals surface area contributed by atoms with Crippen LogP contribution in [0.2, 0.25) is 0 Å². The van der Waals surface area contributed by atoms with Gasteiger partial charge in [-0.1, -0.05) is 18.2 Å². The molecule has 0 aromatic carbocycles. The SMILES string of the molecule is C=COC(Cl)=CCl. The molecule has 0 radical (unpaired) electrons. The molecule has 0 saturated carbocycles. The van der Waals surface area contributed by atoms with Crippen molar-refractivity contribution in [2.24, 2.45) is 0 Å². The number of rotatable bonds is 2. The Balaban J connectivity index is 3.36. The monoisotopic (exact) mass is 138 g/mol. The van der Waals surface area contributed by atoms with Crippen molar-refractivity contribution in [2.45, 2.75) is 0 Å². The van der Waals surface area contributed by atoms with E-state index in [1.54, 1.807) is 0 Å². The molecule has 0 aromatic rings. The molecule has 0 aliphatic heterocycles. The Morgan fingerprint density at radius 3 is 2.43 bits per heavy atom. The summed E-state index contributed by atoms with van der Waals surface area (Å²) in [6, 6.07) is 0. The molecule has 0 aromatic heterocycles. The van der Waals surface area contributed by atoms with Gasteiger partial charge in [0.25, 0.3) is 0 Å². The molecular weight excluding hydrogens is 135 g/mol. The summed E-state index contributed by atoms with van der Waals surface area (Å²) in [4.78, 5) is 0. The summed E-state index contributed by atoms with van der Waals surface area (Å²) in [6.07, 6.45) is 1.20. The summed E-state index contributed by atoms with van der Waals surface area (Å²) in [5.41, 5.74) is 1.11. The fraction of sp³-hybridized carbons (Fsp3) is 0. The van der Waals surface area contributed by atoms with Crippen LogP contribution in [0, 0.1) is 0 Å². The Hall–Kier alpha value is -0.140. The van der Waals surface area contributed by atoms with E-state index in [1.165, 1.54) is 6.26 Å². The second kappa shape index (κ2) is 4.03. The van der Waals surface area contributed by atoms with Gasteiger partial charge in [0.2, 0.25) is 5.22 Å². The van der Waals surface area contributed by atoms with E-state index < -0.39 is 0 Å². The van der Waals surface area contributed by atoms with Crippen molar-refractivity contribution in [3.63, 3.8) is 0 Å². The third-order valence-electron chi connectivity index (χ3n) is 0.282. The summed E-state index contributed by atoms with van der Waals surface area (Å²) >= 11 is 10.3. The molecule has 0 atom stereocenters. The molecule has 1 nitrogen and oxygen atoms in total. The van der Waals surface area contributed by atoms with Crippen molar-refractivity contribution in [1.29, 1.82) is 0 Å². The number of ether oxygens (including phenoxy) is 1. The first-order valence-corrected chi connectivity index (χ1v) is 2.36. The molecule has 0 spiro atoms. The maximum atomic E-state index is 5.20. The van der Waals surface area contributed by atoms with Gasteiger partial charge in [0.1, 0.15) is 0 Å². The standard InChI is InChI=1S/C4H4Cl2O/c1-2-7-4(6)3-5/h2-3H,1H2. The molecule has 0 amide bonds. The van der Waals surface area contributed by atoms with Gasteiger partial charge in [-0.05, 0) is 11.6 Å². The molecule has 0 fully saturated rings. The lowest BCUT2D eigenvalue weighted by Gasteiger charge is -1.88. The summed E-state index contributed by atoms with van der Waals surface area (Å²) in [6.45, 7) is 3.24. The summed E-state index contributed by atoms with van der Waals surface area (Å²) in [5, 5.41) is 0.122. The summed E-state index contributed by atoms with van der Waals surface area (Å²) < 4.78 is 4.45. The average molecular weight is 139 g/mol. The molecule has 3 heteroatoms. The van der Waals surface area contributed by atoms with Crippen LogP contribution in [0.5, 0.6) is 0 Å². The van der Waals surface area contributed by atoms with Gasteiger partial charge in [0, 0.05) is 0 Å². The Bertz CT molecular complexity index is 87.7. The molecule has 7 heavy (non-hydrogen) atoms. The highest BCUT2D eigenvalue weighted by Crippen LogP contribution is 2.03. The summed E-state index contributed by atoms with van der Waals surface area (Å²) in [5.74, 6) is 0. The lowest BCUT2D eigenvalue weighted by atomic mass is 11.1. The summed E-state index contributed by atoms with van der Waals surface area (Å²) in [7, 11) is 0. The van der Waals surface area contributed by atoms with E-state index in [-0.39, 0.29) is 5.22 Å². The highest BCUT2D eigenvalue weighted by atomic mass is 35.5. The van der Waals surface area contributed by atoms with E-state index >= 15 is 0 Å². The highest BCUT2D eigenvalue weighted by molar-refractivity contribution is 6.35. The Morgan fingerprint density at radius 2 is 2.29 bits per heavy atom. The van der Waals surface area contributed by atoms with Crippen LogP contribution in [-0.4, -0.2) is 0 Å². The zero-order chi connectivity index (χ0) is 5.70. The van der Waals surface area contributed by atoms with Gasteiger partial charge in [-0.15, -0.1) is 0 Å². The molecule has 0 rings (SSSR count). The van der Waals surface area contributed by atoms with E-state index in [4.69, 9.17) is 23.2 Å². The quantitative estimate of drug-likeness (QED) is 0.533. The predicted octanol–water partition coefficient (Wildman–Crippen LogP) is 2.42. The Labute approximate surface area is 52.2 Å². The van der Waals surface area contributed by atoms with Gasteiger partial charge in [-0.25, -0.2) is 0 Å². The first-order chi connectivity index (χ1) is 3.31. The topological polar surface area (TPSA) is 9.23 Å². The van der Waals surface area contributed by atoms with E-state index in [0.29, 0.717) is 0 Å². The second-order valence-corrected chi connectivity index (χ2v) is 1.29. The highest BCUT2D eigenvalue weighted by Gasteiger charge is 1.80. The van der Waals surface area contributed by atoms with Crippen LogP contribution < -0.4 is 0 Å². The third-order valence-corrected chi connectivity index (χ3v) is 0.790. The van der Waals surface area contributed by atoms with Crippen LogP contribution in [0.1, 0.15) is 0 Å². The minimum absolute atomic E-state index is 0.122. The largest absolute Gasteiger partial charge is 0.453 e. The van der Waals surface area contributed by atoms with Crippen molar-refractivity contribution >= 4 is 23.2 Å². The number of hydrogen-bond donors (Lipinski definition) is 0. The zero-order valence-electron chi connectivity index (χ0n) is 3.53. The van der Waals surface area contributed by atoms with Gasteiger partial charge in [0.15, 0.2) is 0 Å². The smallest absolute Gasteiger partial charge is 0.204 e. The fourth-order valence-corrected chi connectivity index (χ4v) is 0.220. The Morgan fingerprint density at radius 1 is 1.71 bits per heavy atom.